The highest BCUT2D eigenvalue weighted by Crippen LogP contribution is 2.22. The number of urea groups is 1. The average Bonchev–Trinajstić information content (AvgIpc) is 2.54. The van der Waals surface area contributed by atoms with E-state index >= 15 is 0 Å². The number of benzene rings is 2. The van der Waals surface area contributed by atoms with Crippen LogP contribution in [0.2, 0.25) is 0 Å². The predicted octanol–water partition coefficient (Wildman–Crippen LogP) is 3.07. The Morgan fingerprint density at radius 1 is 0.958 bits per heavy atom. The molecule has 0 aromatic heterocycles. The summed E-state index contributed by atoms with van der Waals surface area (Å²) in [6, 6.07) is 12.4. The maximum Gasteiger partial charge on any atom is 0.318 e. The van der Waals surface area contributed by atoms with Crippen LogP contribution in [0, 0.1) is 13.8 Å². The normalized spacial score (nSPS) is 9.96. The molecule has 24 heavy (non-hydrogen) atoms. The lowest BCUT2D eigenvalue weighted by Crippen LogP contribution is -2.24. The number of hydrogen-bond acceptors (Lipinski definition) is 3. The molecule has 0 aliphatic heterocycles. The van der Waals surface area contributed by atoms with E-state index in [0.29, 0.717) is 11.4 Å². The Kier molecular flexibility index (Phi) is 5.78. The molecular formula is C18H21N3O3. The fraction of sp³-hybridized carbons (Fsp3) is 0.222. The van der Waals surface area contributed by atoms with E-state index in [4.69, 9.17) is 4.74 Å². The number of aryl methyl sites for hydroxylation is 2. The van der Waals surface area contributed by atoms with Gasteiger partial charge in [-0.3, -0.25) is 4.79 Å². The second kappa shape index (κ2) is 8.01. The molecule has 0 aliphatic rings. The van der Waals surface area contributed by atoms with Crippen molar-refractivity contribution in [3.63, 3.8) is 0 Å². The molecule has 6 nitrogen and oxygen atoms in total. The van der Waals surface area contributed by atoms with Crippen molar-refractivity contribution >= 4 is 23.3 Å². The van der Waals surface area contributed by atoms with E-state index in [1.807, 2.05) is 32.0 Å². The van der Waals surface area contributed by atoms with Crippen molar-refractivity contribution in [2.75, 3.05) is 24.3 Å². The molecule has 2 aromatic rings. The summed E-state index contributed by atoms with van der Waals surface area (Å²) in [5.41, 5.74) is 3.14. The van der Waals surface area contributed by atoms with Gasteiger partial charge >= 0.3 is 6.03 Å². The lowest BCUT2D eigenvalue weighted by atomic mass is 10.1. The Hall–Kier alpha value is -3.02. The second-order valence-electron chi connectivity index (χ2n) is 5.34. The number of hydrogen-bond donors (Lipinski definition) is 3. The number of carbonyl (C=O) groups is 2. The molecule has 0 saturated carbocycles. The Morgan fingerprint density at radius 2 is 1.54 bits per heavy atom. The molecule has 126 valence electrons. The first-order valence-electron chi connectivity index (χ1n) is 7.57. The van der Waals surface area contributed by atoms with Crippen molar-refractivity contribution in [3.05, 3.63) is 53.6 Å². The zero-order valence-electron chi connectivity index (χ0n) is 14.0. The Bertz CT molecular complexity index is 724. The van der Waals surface area contributed by atoms with Crippen molar-refractivity contribution in [2.45, 2.75) is 13.8 Å². The molecule has 0 atom stereocenters. The first-order chi connectivity index (χ1) is 11.5. The van der Waals surface area contributed by atoms with Gasteiger partial charge in [0.15, 0.2) is 6.61 Å². The minimum atomic E-state index is -0.322. The van der Waals surface area contributed by atoms with Crippen LogP contribution in [0.4, 0.5) is 16.2 Å². The molecule has 0 spiro atoms. The summed E-state index contributed by atoms with van der Waals surface area (Å²) in [6.45, 7) is 3.79. The summed E-state index contributed by atoms with van der Waals surface area (Å²) in [6.07, 6.45) is 0. The van der Waals surface area contributed by atoms with Crippen LogP contribution < -0.4 is 20.7 Å². The van der Waals surface area contributed by atoms with Gasteiger partial charge in [-0.1, -0.05) is 24.3 Å². The molecule has 2 aromatic carbocycles. The third-order valence-corrected chi connectivity index (χ3v) is 3.39. The van der Waals surface area contributed by atoms with Gasteiger partial charge in [0.1, 0.15) is 5.75 Å². The van der Waals surface area contributed by atoms with Crippen molar-refractivity contribution in [1.29, 1.82) is 0 Å². The first kappa shape index (κ1) is 17.3. The molecule has 6 heteroatoms. The van der Waals surface area contributed by atoms with Crippen LogP contribution in [0.25, 0.3) is 0 Å². The van der Waals surface area contributed by atoms with Crippen LogP contribution in [-0.4, -0.2) is 25.6 Å². The lowest BCUT2D eigenvalue weighted by molar-refractivity contribution is -0.118. The number of para-hydroxylation sites is 1. The van der Waals surface area contributed by atoms with Gasteiger partial charge < -0.3 is 20.7 Å². The fourth-order valence-corrected chi connectivity index (χ4v) is 2.23. The summed E-state index contributed by atoms with van der Waals surface area (Å²) < 4.78 is 5.62. The Labute approximate surface area is 141 Å². The molecule has 3 amide bonds. The van der Waals surface area contributed by atoms with E-state index in [2.05, 4.69) is 16.0 Å². The Balaban J connectivity index is 1.95. The predicted molar refractivity (Wildman–Crippen MR) is 94.6 cm³/mol. The molecule has 0 fully saturated rings. The molecule has 2 rings (SSSR count). The van der Waals surface area contributed by atoms with Crippen molar-refractivity contribution < 1.29 is 14.3 Å². The van der Waals surface area contributed by atoms with Crippen LogP contribution in [0.3, 0.4) is 0 Å². The van der Waals surface area contributed by atoms with Crippen molar-refractivity contribution in [2.24, 2.45) is 0 Å². The largest absolute Gasteiger partial charge is 0.483 e. The van der Waals surface area contributed by atoms with E-state index < -0.39 is 0 Å². The molecule has 0 radical (unpaired) electrons. The number of amides is 3. The maximum absolute atomic E-state index is 12.1. The summed E-state index contributed by atoms with van der Waals surface area (Å²) in [7, 11) is 1.53. The van der Waals surface area contributed by atoms with Gasteiger partial charge in [-0.15, -0.1) is 0 Å². The van der Waals surface area contributed by atoms with Gasteiger partial charge in [-0.05, 0) is 43.2 Å². The van der Waals surface area contributed by atoms with E-state index in [1.54, 1.807) is 24.3 Å². The molecule has 0 saturated heterocycles. The molecular weight excluding hydrogens is 306 g/mol. The summed E-state index contributed by atoms with van der Waals surface area (Å²) in [5, 5.41) is 7.86. The number of anilines is 2. The van der Waals surface area contributed by atoms with E-state index in [-0.39, 0.29) is 18.5 Å². The van der Waals surface area contributed by atoms with Crippen molar-refractivity contribution in [1.82, 2.24) is 5.32 Å². The topological polar surface area (TPSA) is 79.5 Å². The van der Waals surface area contributed by atoms with E-state index in [0.717, 1.165) is 16.9 Å². The minimum Gasteiger partial charge on any atom is -0.483 e. The highest BCUT2D eigenvalue weighted by atomic mass is 16.5. The SMILES string of the molecule is CNC(=O)Nc1cccc(NC(=O)COc2c(C)cccc2C)c1. The minimum absolute atomic E-state index is 0.0845. The average molecular weight is 327 g/mol. The number of carbonyl (C=O) groups excluding carboxylic acids is 2. The summed E-state index contributed by atoms with van der Waals surface area (Å²) in [4.78, 5) is 23.4. The third-order valence-electron chi connectivity index (χ3n) is 3.39. The molecule has 0 unspecified atom stereocenters. The van der Waals surface area contributed by atoms with Gasteiger partial charge in [0, 0.05) is 18.4 Å². The second-order valence-corrected chi connectivity index (χ2v) is 5.34. The van der Waals surface area contributed by atoms with Crippen LogP contribution in [0.1, 0.15) is 11.1 Å². The number of rotatable bonds is 5. The van der Waals surface area contributed by atoms with Gasteiger partial charge in [-0.25, -0.2) is 4.79 Å². The standard InChI is InChI=1S/C18H21N3O3/c1-12-6-4-7-13(2)17(12)24-11-16(22)20-14-8-5-9-15(10-14)21-18(23)19-3/h4-10H,11H2,1-3H3,(H,20,22)(H2,19,21,23). The van der Waals surface area contributed by atoms with Crippen LogP contribution >= 0.6 is 0 Å². The highest BCUT2D eigenvalue weighted by molar-refractivity contribution is 5.94. The molecule has 0 aliphatic carbocycles. The Morgan fingerprint density at radius 3 is 2.17 bits per heavy atom. The van der Waals surface area contributed by atoms with Crippen LogP contribution in [-0.2, 0) is 4.79 Å². The van der Waals surface area contributed by atoms with Gasteiger partial charge in [0.25, 0.3) is 5.91 Å². The zero-order valence-corrected chi connectivity index (χ0v) is 14.0. The maximum atomic E-state index is 12.1. The lowest BCUT2D eigenvalue weighted by Gasteiger charge is -2.12. The van der Waals surface area contributed by atoms with Crippen LogP contribution in [0.5, 0.6) is 5.75 Å². The number of nitrogens with one attached hydrogen (secondary N) is 3. The summed E-state index contributed by atoms with van der Waals surface area (Å²) in [5.74, 6) is 0.456. The van der Waals surface area contributed by atoms with Crippen LogP contribution in [0.15, 0.2) is 42.5 Å². The molecule has 0 bridgehead atoms. The van der Waals surface area contributed by atoms with Gasteiger partial charge in [-0.2, -0.15) is 0 Å². The fourth-order valence-electron chi connectivity index (χ4n) is 2.23. The smallest absolute Gasteiger partial charge is 0.318 e. The van der Waals surface area contributed by atoms with Gasteiger partial charge in [0.2, 0.25) is 0 Å². The zero-order chi connectivity index (χ0) is 17.5. The first-order valence-corrected chi connectivity index (χ1v) is 7.57. The quantitative estimate of drug-likeness (QED) is 0.789. The third kappa shape index (κ3) is 4.74. The molecule has 3 N–H and O–H groups in total. The van der Waals surface area contributed by atoms with E-state index in [9.17, 15) is 9.59 Å². The highest BCUT2D eigenvalue weighted by Gasteiger charge is 2.08. The summed E-state index contributed by atoms with van der Waals surface area (Å²) >= 11 is 0. The van der Waals surface area contributed by atoms with Gasteiger partial charge in [0.05, 0.1) is 0 Å². The van der Waals surface area contributed by atoms with Crippen molar-refractivity contribution in [3.8, 4) is 5.75 Å². The number of ether oxygens (including phenoxy) is 1. The molecule has 0 heterocycles. The monoisotopic (exact) mass is 327 g/mol. The van der Waals surface area contributed by atoms with E-state index in [1.165, 1.54) is 7.05 Å².